The molecule has 4 rings (SSSR count). The molecule has 3 aromatic rings. The quantitative estimate of drug-likeness (QED) is 0.360. The van der Waals surface area contributed by atoms with Crippen LogP contribution in [0.5, 0.6) is 0 Å². The number of benzene rings is 2. The van der Waals surface area contributed by atoms with Gasteiger partial charge in [0.1, 0.15) is 15.1 Å². The van der Waals surface area contributed by atoms with Gasteiger partial charge in [-0.2, -0.15) is 4.37 Å². The fourth-order valence-electron chi connectivity index (χ4n) is 4.08. The topological polar surface area (TPSA) is 50.3 Å². The van der Waals surface area contributed by atoms with Gasteiger partial charge in [-0.25, -0.2) is 0 Å². The van der Waals surface area contributed by atoms with E-state index in [0.29, 0.717) is 34.3 Å². The van der Waals surface area contributed by atoms with Crippen LogP contribution in [0.4, 0.5) is 0 Å². The maximum atomic E-state index is 13.4. The van der Waals surface area contributed by atoms with E-state index in [1.165, 1.54) is 0 Å². The van der Waals surface area contributed by atoms with Crippen LogP contribution in [-0.4, -0.2) is 27.5 Å². The summed E-state index contributed by atoms with van der Waals surface area (Å²) >= 11 is 19.1. The van der Waals surface area contributed by atoms with E-state index in [9.17, 15) is 9.59 Å². The van der Waals surface area contributed by atoms with Gasteiger partial charge in [-0.3, -0.25) is 9.59 Å². The van der Waals surface area contributed by atoms with Crippen LogP contribution >= 0.6 is 46.3 Å². The molecule has 0 bridgehead atoms. The largest absolute Gasteiger partial charge is 0.329 e. The molecule has 1 aromatic heterocycles. The number of hydrogen-bond donors (Lipinski definition) is 0. The number of aromatic nitrogens is 1. The molecule has 1 aliphatic heterocycles. The van der Waals surface area contributed by atoms with Gasteiger partial charge in [0.05, 0.1) is 5.54 Å². The molecule has 0 aliphatic carbocycles. The number of hydrogen-bond acceptors (Lipinski definition) is 4. The highest BCUT2D eigenvalue weighted by Gasteiger charge is 2.42. The van der Waals surface area contributed by atoms with Gasteiger partial charge in [0.25, 0.3) is 5.91 Å². The molecule has 4 nitrogen and oxygen atoms in total. The second-order valence-electron chi connectivity index (χ2n) is 7.72. The molecule has 0 spiro atoms. The van der Waals surface area contributed by atoms with E-state index in [1.54, 1.807) is 0 Å². The average molecular weight is 494 g/mol. The molecule has 0 saturated heterocycles. The third-order valence-electron chi connectivity index (χ3n) is 5.74. The summed E-state index contributed by atoms with van der Waals surface area (Å²) in [7, 11) is 0. The summed E-state index contributed by atoms with van der Waals surface area (Å²) in [5, 5.41) is 0.844. The zero-order valence-electron chi connectivity index (χ0n) is 16.7. The Morgan fingerprint density at radius 1 is 1.13 bits per heavy atom. The van der Waals surface area contributed by atoms with Crippen molar-refractivity contribution in [3.8, 4) is 0 Å². The number of nitrogens with zero attached hydrogens (tertiary/aromatic N) is 2. The summed E-state index contributed by atoms with van der Waals surface area (Å²) in [6, 6.07) is 15.3. The Balaban J connectivity index is 1.59. The number of halogens is 3. The smallest absolute Gasteiger partial charge is 0.254 e. The van der Waals surface area contributed by atoms with Crippen molar-refractivity contribution < 1.29 is 9.59 Å². The van der Waals surface area contributed by atoms with Crippen LogP contribution in [0.15, 0.2) is 48.5 Å². The summed E-state index contributed by atoms with van der Waals surface area (Å²) in [5.74, 6) is -0.215. The maximum absolute atomic E-state index is 13.4. The predicted molar refractivity (Wildman–Crippen MR) is 126 cm³/mol. The van der Waals surface area contributed by atoms with Crippen LogP contribution in [0.3, 0.4) is 0 Å². The van der Waals surface area contributed by atoms with E-state index in [0.717, 1.165) is 22.7 Å². The number of fused-ring (bicyclic) bond motifs is 1. The van der Waals surface area contributed by atoms with Crippen molar-refractivity contribution in [2.75, 3.05) is 6.54 Å². The summed E-state index contributed by atoms with van der Waals surface area (Å²) in [6.07, 6.45) is 1.39. The standard InChI is InChI=1S/C23H19Cl3N2O2S/c1-23(15-8-10-16(24)11-9-15)13-14-5-2-3-6-17(14)22(30)28(23)12-4-7-18(29)20-19(25)21(26)31-27-20/h2-3,5-6,8-11H,4,7,12-13H2,1H3. The molecule has 0 fully saturated rings. The van der Waals surface area contributed by atoms with E-state index in [1.807, 2.05) is 53.4 Å². The van der Waals surface area contributed by atoms with Gasteiger partial charge < -0.3 is 4.90 Å². The van der Waals surface area contributed by atoms with Gasteiger partial charge in [-0.15, -0.1) is 0 Å². The second-order valence-corrected chi connectivity index (χ2v) is 9.91. The van der Waals surface area contributed by atoms with Crippen LogP contribution in [-0.2, 0) is 12.0 Å². The fourth-order valence-corrected chi connectivity index (χ4v) is 5.24. The van der Waals surface area contributed by atoms with Crippen molar-refractivity contribution in [1.29, 1.82) is 0 Å². The Hall–Kier alpha value is -1.92. The zero-order valence-corrected chi connectivity index (χ0v) is 19.8. The molecule has 1 aliphatic rings. The minimum Gasteiger partial charge on any atom is -0.329 e. The van der Waals surface area contributed by atoms with Gasteiger partial charge in [0.15, 0.2) is 5.78 Å². The maximum Gasteiger partial charge on any atom is 0.254 e. The molecule has 2 heterocycles. The molecule has 1 atom stereocenters. The highest BCUT2D eigenvalue weighted by atomic mass is 35.5. The van der Waals surface area contributed by atoms with Crippen molar-refractivity contribution >= 4 is 58.0 Å². The van der Waals surface area contributed by atoms with Crippen LogP contribution < -0.4 is 0 Å². The van der Waals surface area contributed by atoms with Gasteiger partial charge in [0, 0.05) is 30.0 Å². The SMILES string of the molecule is CC1(c2ccc(Cl)cc2)Cc2ccccc2C(=O)N1CCCC(=O)c1nsc(Cl)c1Cl. The first-order valence-electron chi connectivity index (χ1n) is 9.81. The molecule has 0 radical (unpaired) electrons. The molecule has 0 N–H and O–H groups in total. The van der Waals surface area contributed by atoms with E-state index < -0.39 is 5.54 Å². The first kappa shape index (κ1) is 22.3. The van der Waals surface area contributed by atoms with Crippen molar-refractivity contribution in [2.45, 2.75) is 31.7 Å². The Morgan fingerprint density at radius 2 is 1.84 bits per heavy atom. The third kappa shape index (κ3) is 4.24. The number of amides is 1. The van der Waals surface area contributed by atoms with E-state index >= 15 is 0 Å². The number of carbonyl (C=O) groups is 2. The molecule has 0 saturated carbocycles. The van der Waals surface area contributed by atoms with Crippen molar-refractivity contribution in [3.05, 3.63) is 85.3 Å². The van der Waals surface area contributed by atoms with Crippen LogP contribution in [0.2, 0.25) is 14.4 Å². The monoisotopic (exact) mass is 492 g/mol. The Morgan fingerprint density at radius 3 is 2.52 bits per heavy atom. The average Bonchev–Trinajstić information content (AvgIpc) is 3.09. The van der Waals surface area contributed by atoms with E-state index in [-0.39, 0.29) is 28.8 Å². The first-order valence-corrected chi connectivity index (χ1v) is 11.7. The molecule has 1 amide bonds. The van der Waals surface area contributed by atoms with Gasteiger partial charge >= 0.3 is 0 Å². The Bertz CT molecular complexity index is 1150. The summed E-state index contributed by atoms with van der Waals surface area (Å²) < 4.78 is 4.35. The lowest BCUT2D eigenvalue weighted by Crippen LogP contribution is -2.52. The van der Waals surface area contributed by atoms with Crippen LogP contribution in [0.1, 0.15) is 51.7 Å². The summed E-state index contributed by atoms with van der Waals surface area (Å²) in [5.41, 5.74) is 2.37. The molecular formula is C23H19Cl3N2O2S. The first-order chi connectivity index (χ1) is 14.8. The van der Waals surface area contributed by atoms with E-state index in [4.69, 9.17) is 34.8 Å². The number of ketones is 1. The fraction of sp³-hybridized carbons (Fsp3) is 0.261. The molecular weight excluding hydrogens is 475 g/mol. The molecule has 8 heteroatoms. The Kier molecular flexibility index (Phi) is 6.40. The normalized spacial score (nSPS) is 18.2. The van der Waals surface area contributed by atoms with Crippen molar-refractivity contribution in [1.82, 2.24) is 9.27 Å². The lowest BCUT2D eigenvalue weighted by molar-refractivity contribution is 0.0445. The second kappa shape index (κ2) is 8.91. The Labute approximate surface area is 199 Å². The van der Waals surface area contributed by atoms with Crippen LogP contribution in [0, 0.1) is 0 Å². The molecule has 1 unspecified atom stereocenters. The summed E-state index contributed by atoms with van der Waals surface area (Å²) in [6.45, 7) is 2.48. The highest BCUT2D eigenvalue weighted by Crippen LogP contribution is 2.39. The van der Waals surface area contributed by atoms with Crippen LogP contribution in [0.25, 0.3) is 0 Å². The van der Waals surface area contributed by atoms with Gasteiger partial charge in [0.2, 0.25) is 0 Å². The van der Waals surface area contributed by atoms with Gasteiger partial charge in [-0.05, 0) is 54.2 Å². The predicted octanol–water partition coefficient (Wildman–Crippen LogP) is 6.68. The lowest BCUT2D eigenvalue weighted by atomic mass is 9.78. The lowest BCUT2D eigenvalue weighted by Gasteiger charge is -2.46. The highest BCUT2D eigenvalue weighted by molar-refractivity contribution is 7.11. The van der Waals surface area contributed by atoms with E-state index in [2.05, 4.69) is 11.3 Å². The van der Waals surface area contributed by atoms with Gasteiger partial charge in [-0.1, -0.05) is 65.1 Å². The molecule has 160 valence electrons. The molecule has 31 heavy (non-hydrogen) atoms. The number of rotatable bonds is 6. The minimum absolute atomic E-state index is 0.0403. The number of Topliss-reactive ketones (excluding diaryl/α,β-unsaturated/α-hetero) is 1. The molecule has 2 aromatic carbocycles. The van der Waals surface area contributed by atoms with Crippen molar-refractivity contribution in [2.24, 2.45) is 0 Å². The zero-order chi connectivity index (χ0) is 22.2. The number of carbonyl (C=O) groups excluding carboxylic acids is 2. The minimum atomic E-state index is -0.555. The van der Waals surface area contributed by atoms with Crippen molar-refractivity contribution in [3.63, 3.8) is 0 Å². The third-order valence-corrected chi connectivity index (χ3v) is 7.60. The summed E-state index contributed by atoms with van der Waals surface area (Å²) in [4.78, 5) is 27.9.